The van der Waals surface area contributed by atoms with Crippen LogP contribution in [0.5, 0.6) is 0 Å². The molecular weight excluding hydrogens is 404 g/mol. The number of hydrogen-bond donors (Lipinski definition) is 0. The third-order valence-electron chi connectivity index (χ3n) is 5.27. The van der Waals surface area contributed by atoms with E-state index in [1.807, 2.05) is 79.2 Å². The first-order chi connectivity index (χ1) is 15.5. The monoisotopic (exact) mass is 428 g/mol. The van der Waals surface area contributed by atoms with Gasteiger partial charge in [-0.3, -0.25) is 4.79 Å². The number of rotatable bonds is 6. The van der Waals surface area contributed by atoms with Gasteiger partial charge in [-0.15, -0.1) is 0 Å². The molecule has 32 heavy (non-hydrogen) atoms. The van der Waals surface area contributed by atoms with E-state index in [0.29, 0.717) is 13.0 Å². The molecule has 0 spiro atoms. The number of ether oxygens (including phenoxy) is 1. The van der Waals surface area contributed by atoms with Gasteiger partial charge < -0.3 is 4.74 Å². The largest absolute Gasteiger partial charge is 0.452 e. The highest BCUT2D eigenvalue weighted by Crippen LogP contribution is 2.19. The fourth-order valence-corrected chi connectivity index (χ4v) is 3.59. The molecule has 3 aromatic rings. The van der Waals surface area contributed by atoms with Crippen LogP contribution in [0.4, 0.5) is 0 Å². The number of carbonyl (C=O) groups is 2. The molecule has 162 valence electrons. The maximum atomic E-state index is 12.4. The van der Waals surface area contributed by atoms with Gasteiger partial charge in [0.25, 0.3) is 5.91 Å². The Morgan fingerprint density at radius 3 is 2.44 bits per heavy atom. The number of hydrogen-bond acceptors (Lipinski definition) is 5. The summed E-state index contributed by atoms with van der Waals surface area (Å²) in [5.74, 6) is -0.932. The van der Waals surface area contributed by atoms with Crippen molar-refractivity contribution in [1.82, 2.24) is 14.8 Å². The van der Waals surface area contributed by atoms with Gasteiger partial charge in [-0.05, 0) is 37.6 Å². The van der Waals surface area contributed by atoms with Crippen LogP contribution in [-0.2, 0) is 14.3 Å². The van der Waals surface area contributed by atoms with Gasteiger partial charge in [0.1, 0.15) is 0 Å². The lowest BCUT2D eigenvalue weighted by atomic mass is 10.1. The van der Waals surface area contributed by atoms with Crippen molar-refractivity contribution in [2.24, 2.45) is 5.10 Å². The molecule has 0 saturated heterocycles. The molecule has 0 unspecified atom stereocenters. The second-order valence-electron chi connectivity index (χ2n) is 7.45. The van der Waals surface area contributed by atoms with Crippen molar-refractivity contribution in [2.45, 2.75) is 20.3 Å². The Morgan fingerprint density at radius 1 is 1.03 bits per heavy atom. The smallest absolute Gasteiger partial charge is 0.331 e. The van der Waals surface area contributed by atoms with Crippen molar-refractivity contribution in [3.63, 3.8) is 0 Å². The SMILES string of the molecule is Cc1nn(-c2ccccc2)c(C)c1/C=C/C(=O)OCC(=O)N1CCC(c2ccccc2)=N1. The van der Waals surface area contributed by atoms with E-state index < -0.39 is 5.97 Å². The minimum Gasteiger partial charge on any atom is -0.452 e. The van der Waals surface area contributed by atoms with Gasteiger partial charge >= 0.3 is 5.97 Å². The van der Waals surface area contributed by atoms with Crippen LogP contribution in [0.2, 0.25) is 0 Å². The minimum atomic E-state index is -0.587. The molecule has 2 aromatic carbocycles. The Bertz CT molecular complexity index is 1180. The first kappa shape index (κ1) is 21.2. The van der Waals surface area contributed by atoms with E-state index in [2.05, 4.69) is 10.2 Å². The summed E-state index contributed by atoms with van der Waals surface area (Å²) < 4.78 is 6.97. The molecule has 4 rings (SSSR count). The Balaban J connectivity index is 1.35. The second-order valence-corrected chi connectivity index (χ2v) is 7.45. The summed E-state index contributed by atoms with van der Waals surface area (Å²) in [4.78, 5) is 24.6. The van der Waals surface area contributed by atoms with Crippen molar-refractivity contribution >= 4 is 23.7 Å². The summed E-state index contributed by atoms with van der Waals surface area (Å²) >= 11 is 0. The van der Waals surface area contributed by atoms with Gasteiger partial charge in [-0.1, -0.05) is 48.5 Å². The average molecular weight is 428 g/mol. The Morgan fingerprint density at radius 2 is 1.72 bits per heavy atom. The number of esters is 1. The van der Waals surface area contributed by atoms with E-state index in [4.69, 9.17) is 4.74 Å². The second kappa shape index (κ2) is 9.43. The normalized spacial score (nSPS) is 13.4. The molecule has 1 aliphatic rings. The van der Waals surface area contributed by atoms with Crippen LogP contribution < -0.4 is 0 Å². The number of hydrazone groups is 1. The van der Waals surface area contributed by atoms with Crippen molar-refractivity contribution in [3.05, 3.63) is 89.3 Å². The molecule has 0 fully saturated rings. The Kier molecular flexibility index (Phi) is 6.26. The fourth-order valence-electron chi connectivity index (χ4n) is 3.59. The van der Waals surface area contributed by atoms with E-state index in [-0.39, 0.29) is 12.5 Å². The standard InChI is InChI=1S/C25H24N4O3/c1-18-22(19(2)29(26-18)21-11-7-4-8-12-21)13-14-25(31)32-17-24(30)28-16-15-23(27-28)20-9-5-3-6-10-20/h3-14H,15-17H2,1-2H3/b14-13+. The van der Waals surface area contributed by atoms with Crippen LogP contribution in [0.1, 0.15) is 28.9 Å². The lowest BCUT2D eigenvalue weighted by Gasteiger charge is -2.10. The van der Waals surface area contributed by atoms with Crippen LogP contribution >= 0.6 is 0 Å². The molecule has 7 heteroatoms. The molecular formula is C25H24N4O3. The topological polar surface area (TPSA) is 76.8 Å². The highest BCUT2D eigenvalue weighted by atomic mass is 16.5. The molecule has 7 nitrogen and oxygen atoms in total. The lowest BCUT2D eigenvalue weighted by Crippen LogP contribution is -2.28. The molecule has 0 radical (unpaired) electrons. The van der Waals surface area contributed by atoms with Gasteiger partial charge in [-0.2, -0.15) is 10.2 Å². The Hall–Kier alpha value is -4.00. The molecule has 2 heterocycles. The minimum absolute atomic E-state index is 0.345. The number of benzene rings is 2. The fraction of sp³-hybridized carbons (Fsp3) is 0.200. The molecule has 0 bridgehead atoms. The van der Waals surface area contributed by atoms with Crippen LogP contribution in [0, 0.1) is 13.8 Å². The van der Waals surface area contributed by atoms with E-state index in [1.165, 1.54) is 11.1 Å². The molecule has 0 N–H and O–H groups in total. The third-order valence-corrected chi connectivity index (χ3v) is 5.27. The van der Waals surface area contributed by atoms with E-state index in [0.717, 1.165) is 33.9 Å². The maximum absolute atomic E-state index is 12.4. The number of nitrogens with zero attached hydrogens (tertiary/aromatic N) is 4. The van der Waals surface area contributed by atoms with Gasteiger partial charge in [0.2, 0.25) is 0 Å². The molecule has 1 aliphatic heterocycles. The van der Waals surface area contributed by atoms with E-state index >= 15 is 0 Å². The number of aromatic nitrogens is 2. The van der Waals surface area contributed by atoms with Crippen molar-refractivity contribution in [2.75, 3.05) is 13.2 Å². The highest BCUT2D eigenvalue weighted by molar-refractivity contribution is 6.02. The summed E-state index contributed by atoms with van der Waals surface area (Å²) in [6, 6.07) is 19.5. The van der Waals surface area contributed by atoms with Crippen molar-refractivity contribution in [1.29, 1.82) is 0 Å². The Labute approximate surface area is 186 Å². The molecule has 0 saturated carbocycles. The zero-order valence-electron chi connectivity index (χ0n) is 18.1. The quantitative estimate of drug-likeness (QED) is 0.443. The van der Waals surface area contributed by atoms with Crippen LogP contribution in [0.15, 0.2) is 71.8 Å². The van der Waals surface area contributed by atoms with Crippen molar-refractivity contribution in [3.8, 4) is 5.69 Å². The summed E-state index contributed by atoms with van der Waals surface area (Å²) in [7, 11) is 0. The molecule has 0 aliphatic carbocycles. The number of aryl methyl sites for hydroxylation is 1. The van der Waals surface area contributed by atoms with E-state index in [9.17, 15) is 9.59 Å². The molecule has 1 aromatic heterocycles. The predicted octanol–water partition coefficient (Wildman–Crippen LogP) is 3.68. The van der Waals surface area contributed by atoms with Gasteiger partial charge in [0.15, 0.2) is 6.61 Å². The summed E-state index contributed by atoms with van der Waals surface area (Å²) in [6.45, 7) is 3.96. The molecule has 1 amide bonds. The van der Waals surface area contributed by atoms with Gasteiger partial charge in [-0.25, -0.2) is 14.5 Å². The van der Waals surface area contributed by atoms with Crippen molar-refractivity contribution < 1.29 is 14.3 Å². The van der Waals surface area contributed by atoms with Gasteiger partial charge in [0.05, 0.1) is 23.6 Å². The zero-order valence-corrected chi connectivity index (χ0v) is 18.1. The van der Waals surface area contributed by atoms with Crippen LogP contribution in [-0.4, -0.2) is 45.5 Å². The zero-order chi connectivity index (χ0) is 22.5. The first-order valence-corrected chi connectivity index (χ1v) is 10.4. The van der Waals surface area contributed by atoms with E-state index in [1.54, 1.807) is 6.08 Å². The number of amides is 1. The predicted molar refractivity (Wildman–Crippen MR) is 122 cm³/mol. The lowest BCUT2D eigenvalue weighted by molar-refractivity contribution is -0.147. The summed E-state index contributed by atoms with van der Waals surface area (Å²) in [5.41, 5.74) is 5.34. The molecule has 0 atom stereocenters. The summed E-state index contributed by atoms with van der Waals surface area (Å²) in [6.07, 6.45) is 3.67. The first-order valence-electron chi connectivity index (χ1n) is 10.4. The average Bonchev–Trinajstić information content (AvgIpc) is 3.42. The maximum Gasteiger partial charge on any atom is 0.331 e. The van der Waals surface area contributed by atoms with Crippen LogP contribution in [0.3, 0.4) is 0 Å². The number of carbonyl (C=O) groups excluding carboxylic acids is 2. The third kappa shape index (κ3) is 4.67. The van der Waals surface area contributed by atoms with Gasteiger partial charge in [0, 0.05) is 23.8 Å². The van der Waals surface area contributed by atoms with Crippen LogP contribution in [0.25, 0.3) is 11.8 Å². The number of para-hydroxylation sites is 1. The highest BCUT2D eigenvalue weighted by Gasteiger charge is 2.22. The summed E-state index contributed by atoms with van der Waals surface area (Å²) in [5, 5.41) is 10.3.